The van der Waals surface area contributed by atoms with Crippen LogP contribution in [0.25, 0.3) is 0 Å². The van der Waals surface area contributed by atoms with Gasteiger partial charge < -0.3 is 0 Å². The van der Waals surface area contributed by atoms with E-state index < -0.39 is 0 Å². The van der Waals surface area contributed by atoms with Crippen LogP contribution in [-0.4, -0.2) is 11.8 Å². The van der Waals surface area contributed by atoms with Gasteiger partial charge in [0.15, 0.2) is 0 Å². The minimum absolute atomic E-state index is 0.0992. The molecular weight excluding hydrogens is 190 g/mol. The van der Waals surface area contributed by atoms with Gasteiger partial charge in [0.25, 0.3) is 5.91 Å². The van der Waals surface area contributed by atoms with Crippen molar-refractivity contribution in [3.8, 4) is 0 Å². The lowest BCUT2D eigenvalue weighted by Crippen LogP contribution is -2.32. The number of hydrogen-bond acceptors (Lipinski definition) is 2. The number of fused-ring (bicyclic) bond motifs is 2. The lowest BCUT2D eigenvalue weighted by Gasteiger charge is -2.28. The summed E-state index contributed by atoms with van der Waals surface area (Å²) in [5, 5.41) is 2.36. The molecule has 1 heterocycles. The minimum Gasteiger partial charge on any atom is -0.292 e. The molecule has 2 fully saturated rings. The maximum atomic E-state index is 11.7. The predicted octanol–water partition coefficient (Wildman–Crippen LogP) is 1.17. The van der Waals surface area contributed by atoms with Gasteiger partial charge >= 0.3 is 0 Å². The molecule has 0 radical (unpaired) electrons. The topological polar surface area (TPSA) is 46.2 Å². The normalized spacial score (nSPS) is 42.8. The van der Waals surface area contributed by atoms with Crippen LogP contribution in [0.4, 0.5) is 0 Å². The third-order valence-corrected chi connectivity index (χ3v) is 4.04. The van der Waals surface area contributed by atoms with Gasteiger partial charge in [-0.25, -0.2) is 0 Å². The fraction of sp³-hybridized carbons (Fsp3) is 0.500. The van der Waals surface area contributed by atoms with E-state index in [-0.39, 0.29) is 23.1 Å². The number of carbonyl (C=O) groups excluding carboxylic acids is 2. The Labute approximate surface area is 88.2 Å². The highest BCUT2D eigenvalue weighted by Crippen LogP contribution is 2.56. The Balaban J connectivity index is 2.01. The van der Waals surface area contributed by atoms with Crippen LogP contribution in [0.2, 0.25) is 0 Å². The Morgan fingerprint density at radius 2 is 2.27 bits per heavy atom. The van der Waals surface area contributed by atoms with Crippen molar-refractivity contribution in [1.82, 2.24) is 5.32 Å². The second-order valence-electron chi connectivity index (χ2n) is 4.87. The van der Waals surface area contributed by atoms with E-state index in [4.69, 9.17) is 0 Å². The van der Waals surface area contributed by atoms with E-state index >= 15 is 0 Å². The van der Waals surface area contributed by atoms with E-state index in [0.717, 1.165) is 19.3 Å². The molecule has 3 atom stereocenters. The van der Waals surface area contributed by atoms with Gasteiger partial charge in [-0.05, 0) is 25.2 Å². The van der Waals surface area contributed by atoms with E-state index in [1.54, 1.807) is 0 Å². The van der Waals surface area contributed by atoms with Gasteiger partial charge in [0, 0.05) is 11.0 Å². The molecule has 3 rings (SSSR count). The molecule has 2 bridgehead atoms. The van der Waals surface area contributed by atoms with E-state index in [1.165, 1.54) is 0 Å². The van der Waals surface area contributed by atoms with Gasteiger partial charge in [-0.3, -0.25) is 14.9 Å². The van der Waals surface area contributed by atoms with Gasteiger partial charge in [0.2, 0.25) is 5.91 Å². The average Bonchev–Trinajstić information content (AvgIpc) is 2.82. The maximum absolute atomic E-state index is 11.7. The average molecular weight is 203 g/mol. The van der Waals surface area contributed by atoms with Crippen LogP contribution in [-0.2, 0) is 9.59 Å². The highest BCUT2D eigenvalue weighted by molar-refractivity contribution is 6.15. The largest absolute Gasteiger partial charge is 0.292 e. The molecule has 1 N–H and O–H groups in total. The SMILES string of the molecule is C=C1C(=O)NC(=O)C1C12C=CC(CC1)C2. The highest BCUT2D eigenvalue weighted by atomic mass is 16.2. The first-order valence-electron chi connectivity index (χ1n) is 5.36. The Kier molecular flexibility index (Phi) is 1.54. The Hall–Kier alpha value is -1.38. The molecule has 0 aromatic carbocycles. The van der Waals surface area contributed by atoms with Crippen LogP contribution < -0.4 is 5.32 Å². The molecule has 2 aliphatic carbocycles. The summed E-state index contributed by atoms with van der Waals surface area (Å²) in [6.45, 7) is 3.76. The first-order chi connectivity index (χ1) is 7.12. The van der Waals surface area contributed by atoms with E-state index in [9.17, 15) is 9.59 Å². The van der Waals surface area contributed by atoms with Crippen LogP contribution in [0.1, 0.15) is 19.3 Å². The third-order valence-electron chi connectivity index (χ3n) is 4.04. The molecule has 1 aliphatic heterocycles. The minimum atomic E-state index is -0.311. The zero-order valence-corrected chi connectivity index (χ0v) is 8.45. The fourth-order valence-corrected chi connectivity index (χ4v) is 3.31. The van der Waals surface area contributed by atoms with Crippen LogP contribution in [0.15, 0.2) is 24.3 Å². The second kappa shape index (κ2) is 2.60. The molecule has 3 unspecified atom stereocenters. The van der Waals surface area contributed by atoms with Gasteiger partial charge in [0.05, 0.1) is 5.92 Å². The molecule has 0 spiro atoms. The summed E-state index contributed by atoms with van der Waals surface area (Å²) in [4.78, 5) is 23.1. The third kappa shape index (κ3) is 1.01. The Morgan fingerprint density at radius 1 is 1.47 bits per heavy atom. The number of rotatable bonds is 1. The lowest BCUT2D eigenvalue weighted by atomic mass is 9.72. The van der Waals surface area contributed by atoms with Crippen molar-refractivity contribution in [1.29, 1.82) is 0 Å². The Morgan fingerprint density at radius 3 is 2.67 bits per heavy atom. The molecule has 1 saturated heterocycles. The molecule has 0 aromatic rings. The van der Waals surface area contributed by atoms with Crippen LogP contribution in [0, 0.1) is 17.3 Å². The molecular formula is C12H13NO2. The molecule has 3 nitrogen and oxygen atoms in total. The van der Waals surface area contributed by atoms with Crippen LogP contribution in [0.5, 0.6) is 0 Å². The standard InChI is InChI=1S/C12H13NO2/c1-7-9(11(15)13-10(7)14)12-4-2-8(6-12)3-5-12/h2,4,8-9H,1,3,5-6H2,(H,13,14,15). The van der Waals surface area contributed by atoms with Crippen molar-refractivity contribution in [3.63, 3.8) is 0 Å². The first-order valence-corrected chi connectivity index (χ1v) is 5.36. The summed E-state index contributed by atoms with van der Waals surface area (Å²) in [7, 11) is 0. The van der Waals surface area contributed by atoms with Crippen LogP contribution in [0.3, 0.4) is 0 Å². The summed E-state index contributed by atoms with van der Waals surface area (Å²) in [6.07, 6.45) is 7.49. The molecule has 1 saturated carbocycles. The number of hydrogen-bond donors (Lipinski definition) is 1. The van der Waals surface area contributed by atoms with Crippen molar-refractivity contribution in [3.05, 3.63) is 24.3 Å². The summed E-state index contributed by atoms with van der Waals surface area (Å²) >= 11 is 0. The van der Waals surface area contributed by atoms with Crippen molar-refractivity contribution < 1.29 is 9.59 Å². The highest BCUT2D eigenvalue weighted by Gasteiger charge is 2.53. The van der Waals surface area contributed by atoms with Crippen LogP contribution >= 0.6 is 0 Å². The zero-order valence-electron chi connectivity index (χ0n) is 8.45. The zero-order chi connectivity index (χ0) is 10.6. The summed E-state index contributed by atoms with van der Waals surface area (Å²) < 4.78 is 0. The van der Waals surface area contributed by atoms with Gasteiger partial charge in [-0.1, -0.05) is 18.7 Å². The molecule has 2 amide bonds. The van der Waals surface area contributed by atoms with E-state index in [0.29, 0.717) is 11.5 Å². The molecule has 3 heteroatoms. The second-order valence-corrected chi connectivity index (χ2v) is 4.87. The van der Waals surface area contributed by atoms with Crippen molar-refractivity contribution >= 4 is 11.8 Å². The number of carbonyl (C=O) groups is 2. The monoisotopic (exact) mass is 203 g/mol. The Bertz CT molecular complexity index is 410. The van der Waals surface area contributed by atoms with E-state index in [2.05, 4.69) is 24.0 Å². The smallest absolute Gasteiger partial charge is 0.254 e. The summed E-state index contributed by atoms with van der Waals surface area (Å²) in [5.41, 5.74) is 0.352. The summed E-state index contributed by atoms with van der Waals surface area (Å²) in [6, 6.07) is 0. The fourth-order valence-electron chi connectivity index (χ4n) is 3.31. The van der Waals surface area contributed by atoms with Crippen molar-refractivity contribution in [2.45, 2.75) is 19.3 Å². The number of nitrogens with one attached hydrogen (secondary N) is 1. The molecule has 78 valence electrons. The first kappa shape index (κ1) is 8.89. The van der Waals surface area contributed by atoms with Crippen molar-refractivity contribution in [2.24, 2.45) is 17.3 Å². The number of amides is 2. The number of imide groups is 1. The van der Waals surface area contributed by atoms with Gasteiger partial charge in [-0.15, -0.1) is 0 Å². The molecule has 15 heavy (non-hydrogen) atoms. The molecule has 3 aliphatic rings. The van der Waals surface area contributed by atoms with Gasteiger partial charge in [-0.2, -0.15) is 0 Å². The van der Waals surface area contributed by atoms with Gasteiger partial charge in [0.1, 0.15) is 0 Å². The maximum Gasteiger partial charge on any atom is 0.254 e. The molecule has 0 aromatic heterocycles. The van der Waals surface area contributed by atoms with Crippen molar-refractivity contribution in [2.75, 3.05) is 0 Å². The van der Waals surface area contributed by atoms with E-state index in [1.807, 2.05) is 0 Å². The predicted molar refractivity (Wildman–Crippen MR) is 54.7 cm³/mol. The summed E-state index contributed by atoms with van der Waals surface area (Å²) in [5.74, 6) is -0.143. The quantitative estimate of drug-likeness (QED) is 0.395. The lowest BCUT2D eigenvalue weighted by molar-refractivity contribution is -0.127. The number of allylic oxidation sites excluding steroid dienone is 2.